The van der Waals surface area contributed by atoms with Crippen LogP contribution in [0.5, 0.6) is 17.2 Å². The number of phenols is 1. The van der Waals surface area contributed by atoms with E-state index in [1.54, 1.807) is 18.3 Å². The molecule has 1 atom stereocenters. The lowest BCUT2D eigenvalue weighted by Gasteiger charge is -2.41. The fraction of sp³-hybridized carbons (Fsp3) is 0.592. The zero-order chi connectivity index (χ0) is 41.7. The van der Waals surface area contributed by atoms with Crippen molar-refractivity contribution in [3.63, 3.8) is 0 Å². The normalized spacial score (nSPS) is 13.7. The van der Waals surface area contributed by atoms with Crippen LogP contribution in [0.2, 0.25) is 0 Å². The molecule has 3 aromatic carbocycles. The standard InChI is InChI=1S/C49H72N2O4/c1-17-19-23-54-42-37(45(5,6)7)26-35(27-38(42)46(8,9)10)49(53,44(32(3)4)51-31-34-25-33(30-50)21-22-41(34)52)36-28-39(47(11,12)13)43(55-24-20-18-2)40(29-36)48(14,15)16/h21-22,25-29,31-32,44,52-53H,17-20,23-24H2,1-16H3. The quantitative estimate of drug-likeness (QED) is 0.126. The van der Waals surface area contributed by atoms with Crippen molar-refractivity contribution >= 4 is 6.21 Å². The first-order chi connectivity index (χ1) is 25.3. The van der Waals surface area contributed by atoms with Gasteiger partial charge in [-0.15, -0.1) is 0 Å². The highest BCUT2D eigenvalue weighted by Crippen LogP contribution is 2.49. The molecule has 0 aliphatic heterocycles. The molecule has 0 heterocycles. The van der Waals surface area contributed by atoms with Gasteiger partial charge in [0.05, 0.1) is 30.9 Å². The van der Waals surface area contributed by atoms with Crippen molar-refractivity contribution in [1.29, 1.82) is 5.26 Å². The molecule has 0 radical (unpaired) electrons. The summed E-state index contributed by atoms with van der Waals surface area (Å²) in [5.41, 5.74) is 3.50. The molecule has 1 unspecified atom stereocenters. The Morgan fingerprint density at radius 2 is 1.05 bits per heavy atom. The number of nitriles is 1. The van der Waals surface area contributed by atoms with Crippen molar-refractivity contribution in [1.82, 2.24) is 0 Å². The van der Waals surface area contributed by atoms with Gasteiger partial charge >= 0.3 is 0 Å². The minimum Gasteiger partial charge on any atom is -0.507 e. The second kappa shape index (κ2) is 17.5. The van der Waals surface area contributed by atoms with Crippen LogP contribution < -0.4 is 9.47 Å². The predicted octanol–water partition coefficient (Wildman–Crippen LogP) is 12.2. The Bertz CT molecular complexity index is 1680. The Morgan fingerprint density at radius 3 is 1.36 bits per heavy atom. The van der Waals surface area contributed by atoms with E-state index in [0.29, 0.717) is 24.3 Å². The molecule has 0 amide bonds. The molecule has 0 aromatic heterocycles. The number of rotatable bonds is 14. The fourth-order valence-electron chi connectivity index (χ4n) is 7.03. The summed E-state index contributed by atoms with van der Waals surface area (Å²) in [6.07, 6.45) is 5.56. The van der Waals surface area contributed by atoms with Crippen molar-refractivity contribution in [2.24, 2.45) is 10.9 Å². The first-order valence-electron chi connectivity index (χ1n) is 20.4. The van der Waals surface area contributed by atoms with E-state index in [9.17, 15) is 15.5 Å². The summed E-state index contributed by atoms with van der Waals surface area (Å²) < 4.78 is 13.4. The van der Waals surface area contributed by atoms with E-state index in [4.69, 9.17) is 14.5 Å². The molecule has 2 N–H and O–H groups in total. The molecule has 0 aliphatic carbocycles. The molecule has 55 heavy (non-hydrogen) atoms. The van der Waals surface area contributed by atoms with E-state index in [2.05, 4.69) is 141 Å². The molecular weight excluding hydrogens is 681 g/mol. The zero-order valence-electron chi connectivity index (χ0n) is 37.1. The van der Waals surface area contributed by atoms with Gasteiger partial charge in [0, 0.05) is 34.0 Å². The molecular formula is C49H72N2O4. The van der Waals surface area contributed by atoms with Gasteiger partial charge in [-0.1, -0.05) is 124 Å². The van der Waals surface area contributed by atoms with E-state index in [-0.39, 0.29) is 33.3 Å². The van der Waals surface area contributed by atoms with Gasteiger partial charge in [0.25, 0.3) is 0 Å². The third-order valence-corrected chi connectivity index (χ3v) is 10.4. The van der Waals surface area contributed by atoms with Crippen LogP contribution in [-0.2, 0) is 27.3 Å². The highest BCUT2D eigenvalue weighted by molar-refractivity contribution is 5.84. The third kappa shape index (κ3) is 10.7. The maximum Gasteiger partial charge on any atom is 0.137 e. The average Bonchev–Trinajstić information content (AvgIpc) is 3.07. The number of unbranched alkanes of at least 4 members (excludes halogenated alkanes) is 2. The van der Waals surface area contributed by atoms with Crippen molar-refractivity contribution in [2.75, 3.05) is 13.2 Å². The molecule has 6 heteroatoms. The van der Waals surface area contributed by atoms with Crippen LogP contribution in [0.15, 0.2) is 47.5 Å². The van der Waals surface area contributed by atoms with E-state index in [0.717, 1.165) is 70.6 Å². The summed E-state index contributed by atoms with van der Waals surface area (Å²) in [6.45, 7) is 36.1. The Kier molecular flexibility index (Phi) is 14.5. The summed E-state index contributed by atoms with van der Waals surface area (Å²) >= 11 is 0. The largest absolute Gasteiger partial charge is 0.507 e. The first-order valence-corrected chi connectivity index (χ1v) is 20.4. The number of benzene rings is 3. The zero-order valence-corrected chi connectivity index (χ0v) is 37.1. The molecule has 0 saturated heterocycles. The Balaban J connectivity index is 2.66. The second-order valence-corrected chi connectivity index (χ2v) is 19.8. The highest BCUT2D eigenvalue weighted by atomic mass is 16.5. The molecule has 3 rings (SSSR count). The van der Waals surface area contributed by atoms with E-state index in [1.807, 2.05) is 0 Å². The first kappa shape index (κ1) is 45.6. The van der Waals surface area contributed by atoms with Gasteiger partial charge < -0.3 is 19.7 Å². The maximum atomic E-state index is 14.1. The van der Waals surface area contributed by atoms with Gasteiger partial charge in [0.15, 0.2) is 0 Å². The van der Waals surface area contributed by atoms with Crippen molar-refractivity contribution < 1.29 is 19.7 Å². The SMILES string of the molecule is CCCCOc1c(C(C)(C)C)cc(C(O)(c2cc(C(C)(C)C)c(OCCCC)c(C(C)(C)C)c2)C(N=Cc2cc(C#N)ccc2O)C(C)C)cc1C(C)(C)C. The lowest BCUT2D eigenvalue weighted by atomic mass is 9.69. The number of ether oxygens (including phenoxy) is 2. The monoisotopic (exact) mass is 753 g/mol. The lowest BCUT2D eigenvalue weighted by Crippen LogP contribution is -2.44. The summed E-state index contributed by atoms with van der Waals surface area (Å²) in [7, 11) is 0. The van der Waals surface area contributed by atoms with Crippen molar-refractivity contribution in [2.45, 2.75) is 170 Å². The van der Waals surface area contributed by atoms with Gasteiger partial charge in [-0.3, -0.25) is 4.99 Å². The van der Waals surface area contributed by atoms with E-state index < -0.39 is 11.6 Å². The van der Waals surface area contributed by atoms with Crippen molar-refractivity contribution in [3.05, 3.63) is 87.0 Å². The van der Waals surface area contributed by atoms with Crippen LogP contribution >= 0.6 is 0 Å². The minimum atomic E-state index is -1.66. The number of phenolic OH excluding ortho intramolecular Hbond substituents is 1. The van der Waals surface area contributed by atoms with Crippen LogP contribution in [0.25, 0.3) is 0 Å². The smallest absolute Gasteiger partial charge is 0.137 e. The fourth-order valence-corrected chi connectivity index (χ4v) is 7.03. The van der Waals surface area contributed by atoms with Gasteiger partial charge in [0.2, 0.25) is 0 Å². The number of nitrogens with zero attached hydrogens (tertiary/aromatic N) is 2. The van der Waals surface area contributed by atoms with Crippen LogP contribution in [-0.4, -0.2) is 35.7 Å². The topological polar surface area (TPSA) is 95.1 Å². The summed E-state index contributed by atoms with van der Waals surface area (Å²) in [6, 6.07) is 14.8. The number of aliphatic hydroxyl groups is 1. The summed E-state index contributed by atoms with van der Waals surface area (Å²) in [4.78, 5) is 5.18. The van der Waals surface area contributed by atoms with E-state index in [1.165, 1.54) is 6.07 Å². The predicted molar refractivity (Wildman–Crippen MR) is 231 cm³/mol. The number of aliphatic imine (C=N–C) groups is 1. The second-order valence-electron chi connectivity index (χ2n) is 19.8. The Labute approximate surface area is 334 Å². The highest BCUT2D eigenvalue weighted by Gasteiger charge is 2.46. The third-order valence-electron chi connectivity index (χ3n) is 10.4. The lowest BCUT2D eigenvalue weighted by molar-refractivity contribution is 0.0359. The van der Waals surface area contributed by atoms with Crippen LogP contribution in [0.4, 0.5) is 0 Å². The van der Waals surface area contributed by atoms with Gasteiger partial charge in [-0.05, 0) is 94.0 Å². The molecule has 0 spiro atoms. The van der Waals surface area contributed by atoms with Crippen LogP contribution in [0.3, 0.4) is 0 Å². The Morgan fingerprint density at radius 1 is 0.673 bits per heavy atom. The number of hydrogen-bond acceptors (Lipinski definition) is 6. The van der Waals surface area contributed by atoms with Crippen LogP contribution in [0, 0.1) is 17.2 Å². The molecule has 0 saturated carbocycles. The molecule has 302 valence electrons. The molecule has 3 aromatic rings. The van der Waals surface area contributed by atoms with Gasteiger partial charge in [-0.2, -0.15) is 5.26 Å². The molecule has 6 nitrogen and oxygen atoms in total. The molecule has 0 bridgehead atoms. The number of aromatic hydroxyl groups is 1. The molecule has 0 fully saturated rings. The maximum absolute atomic E-state index is 14.1. The number of hydrogen-bond donors (Lipinski definition) is 2. The van der Waals surface area contributed by atoms with Gasteiger partial charge in [-0.25, -0.2) is 0 Å². The van der Waals surface area contributed by atoms with Gasteiger partial charge in [0.1, 0.15) is 22.8 Å². The summed E-state index contributed by atoms with van der Waals surface area (Å²) in [5, 5.41) is 34.6. The van der Waals surface area contributed by atoms with Crippen LogP contribution in [0.1, 0.15) is 181 Å². The van der Waals surface area contributed by atoms with E-state index >= 15 is 0 Å². The Hall–Kier alpha value is -3.82. The minimum absolute atomic E-state index is 0.0195. The molecule has 0 aliphatic rings. The van der Waals surface area contributed by atoms with Crippen molar-refractivity contribution in [3.8, 4) is 23.3 Å². The average molecular weight is 753 g/mol. The summed E-state index contributed by atoms with van der Waals surface area (Å²) in [5.74, 6) is 1.63.